The molecule has 0 saturated heterocycles. The van der Waals surface area contributed by atoms with Crippen LogP contribution in [0.1, 0.15) is 39.2 Å². The third-order valence-electron chi connectivity index (χ3n) is 2.77. The summed E-state index contributed by atoms with van der Waals surface area (Å²) in [7, 11) is 0. The molecule has 0 aliphatic carbocycles. The number of ether oxygens (including phenoxy) is 1. The van der Waals surface area contributed by atoms with Gasteiger partial charge in [-0.2, -0.15) is 0 Å². The van der Waals surface area contributed by atoms with E-state index in [2.05, 4.69) is 42.8 Å². The molecular formula is C15H24BrNO. The maximum atomic E-state index is 5.78. The van der Waals surface area contributed by atoms with Crippen molar-refractivity contribution in [1.29, 1.82) is 0 Å². The van der Waals surface area contributed by atoms with Crippen LogP contribution in [0.2, 0.25) is 0 Å². The largest absolute Gasteiger partial charge is 0.494 e. The number of hydrogen-bond donors (Lipinski definition) is 1. The zero-order valence-electron chi connectivity index (χ0n) is 11.6. The Kier molecular flexibility index (Phi) is 6.16. The molecule has 0 atom stereocenters. The number of benzene rings is 1. The molecule has 0 heterocycles. The number of rotatable bonds is 6. The van der Waals surface area contributed by atoms with E-state index in [0.29, 0.717) is 12.0 Å². The molecule has 0 saturated carbocycles. The Bertz CT molecular complexity index is 371. The molecule has 0 radical (unpaired) electrons. The third kappa shape index (κ3) is 5.87. The second-order valence-corrected chi connectivity index (χ2v) is 6.66. The van der Waals surface area contributed by atoms with Crippen LogP contribution in [0.3, 0.4) is 0 Å². The van der Waals surface area contributed by atoms with Crippen molar-refractivity contribution in [2.24, 2.45) is 11.1 Å². The van der Waals surface area contributed by atoms with Crippen LogP contribution in [0.4, 0.5) is 0 Å². The van der Waals surface area contributed by atoms with Gasteiger partial charge in [0.15, 0.2) is 0 Å². The normalized spacial score (nSPS) is 11.6. The van der Waals surface area contributed by atoms with E-state index in [1.54, 1.807) is 0 Å². The van der Waals surface area contributed by atoms with Crippen LogP contribution in [0.15, 0.2) is 22.7 Å². The first-order chi connectivity index (χ1) is 8.42. The standard InChI is InChI=1S/C15H24BrNO/c1-15(2,3)8-4-10-18-13-5-6-14(16)12(11-13)7-9-17/h5-6,11H,4,7-10,17H2,1-3H3. The Morgan fingerprint density at radius 1 is 1.28 bits per heavy atom. The van der Waals surface area contributed by atoms with Gasteiger partial charge in [0.1, 0.15) is 5.75 Å². The molecule has 0 amide bonds. The van der Waals surface area contributed by atoms with Gasteiger partial charge in [-0.05, 0) is 55.0 Å². The summed E-state index contributed by atoms with van der Waals surface area (Å²) < 4.78 is 6.89. The smallest absolute Gasteiger partial charge is 0.119 e. The van der Waals surface area contributed by atoms with Gasteiger partial charge in [-0.3, -0.25) is 0 Å². The number of hydrogen-bond acceptors (Lipinski definition) is 2. The minimum Gasteiger partial charge on any atom is -0.494 e. The fourth-order valence-corrected chi connectivity index (χ4v) is 2.23. The number of halogens is 1. The average molecular weight is 314 g/mol. The maximum absolute atomic E-state index is 5.78. The fourth-order valence-electron chi connectivity index (χ4n) is 1.78. The highest BCUT2D eigenvalue weighted by Gasteiger charge is 2.09. The summed E-state index contributed by atoms with van der Waals surface area (Å²) in [6.07, 6.45) is 3.14. The summed E-state index contributed by atoms with van der Waals surface area (Å²) in [4.78, 5) is 0. The Morgan fingerprint density at radius 2 is 2.00 bits per heavy atom. The van der Waals surface area contributed by atoms with Crippen LogP contribution >= 0.6 is 15.9 Å². The third-order valence-corrected chi connectivity index (χ3v) is 3.54. The lowest BCUT2D eigenvalue weighted by Crippen LogP contribution is -2.08. The molecule has 2 nitrogen and oxygen atoms in total. The molecule has 0 spiro atoms. The molecule has 18 heavy (non-hydrogen) atoms. The highest BCUT2D eigenvalue weighted by atomic mass is 79.9. The van der Waals surface area contributed by atoms with E-state index in [1.165, 1.54) is 12.0 Å². The number of nitrogens with two attached hydrogens (primary N) is 1. The molecule has 0 fully saturated rings. The van der Waals surface area contributed by atoms with Crippen molar-refractivity contribution in [3.05, 3.63) is 28.2 Å². The highest BCUT2D eigenvalue weighted by Crippen LogP contribution is 2.24. The van der Waals surface area contributed by atoms with E-state index < -0.39 is 0 Å². The molecule has 1 aromatic rings. The SMILES string of the molecule is CC(C)(C)CCCOc1ccc(Br)c(CCN)c1. The van der Waals surface area contributed by atoms with E-state index in [-0.39, 0.29) is 0 Å². The van der Waals surface area contributed by atoms with Gasteiger partial charge in [0, 0.05) is 4.47 Å². The lowest BCUT2D eigenvalue weighted by atomic mass is 9.91. The molecule has 0 unspecified atom stereocenters. The first kappa shape index (κ1) is 15.5. The Hall–Kier alpha value is -0.540. The summed E-state index contributed by atoms with van der Waals surface area (Å²) >= 11 is 3.53. The highest BCUT2D eigenvalue weighted by molar-refractivity contribution is 9.10. The molecule has 0 aromatic heterocycles. The van der Waals surface area contributed by atoms with Crippen molar-refractivity contribution in [2.45, 2.75) is 40.0 Å². The van der Waals surface area contributed by atoms with Gasteiger partial charge < -0.3 is 10.5 Å². The van der Waals surface area contributed by atoms with Crippen LogP contribution < -0.4 is 10.5 Å². The quantitative estimate of drug-likeness (QED) is 0.800. The Morgan fingerprint density at radius 3 is 2.61 bits per heavy atom. The summed E-state index contributed by atoms with van der Waals surface area (Å²) in [6, 6.07) is 6.11. The lowest BCUT2D eigenvalue weighted by Gasteiger charge is -2.18. The Balaban J connectivity index is 2.45. The first-order valence-corrected chi connectivity index (χ1v) is 7.33. The maximum Gasteiger partial charge on any atom is 0.119 e. The first-order valence-electron chi connectivity index (χ1n) is 6.54. The van der Waals surface area contributed by atoms with Crippen molar-refractivity contribution in [2.75, 3.05) is 13.2 Å². The van der Waals surface area contributed by atoms with Gasteiger partial charge in [0.25, 0.3) is 0 Å². The Labute approximate surface area is 119 Å². The topological polar surface area (TPSA) is 35.2 Å². The van der Waals surface area contributed by atoms with Gasteiger partial charge in [0.2, 0.25) is 0 Å². The van der Waals surface area contributed by atoms with E-state index in [1.807, 2.05) is 12.1 Å². The van der Waals surface area contributed by atoms with Gasteiger partial charge in [-0.15, -0.1) is 0 Å². The molecule has 2 N–H and O–H groups in total. The zero-order valence-corrected chi connectivity index (χ0v) is 13.2. The molecule has 0 bridgehead atoms. The average Bonchev–Trinajstić information content (AvgIpc) is 2.28. The van der Waals surface area contributed by atoms with Crippen LogP contribution in [0.25, 0.3) is 0 Å². The molecule has 0 aliphatic heterocycles. The predicted octanol–water partition coefficient (Wildman–Crippen LogP) is 4.16. The van der Waals surface area contributed by atoms with Crippen molar-refractivity contribution >= 4 is 15.9 Å². The van der Waals surface area contributed by atoms with E-state index in [9.17, 15) is 0 Å². The van der Waals surface area contributed by atoms with Gasteiger partial charge in [0.05, 0.1) is 6.61 Å². The minimum absolute atomic E-state index is 0.383. The summed E-state index contributed by atoms with van der Waals surface area (Å²) in [5, 5.41) is 0. The molecular weight excluding hydrogens is 290 g/mol. The minimum atomic E-state index is 0.383. The van der Waals surface area contributed by atoms with Gasteiger partial charge in [-0.25, -0.2) is 0 Å². The van der Waals surface area contributed by atoms with Crippen LogP contribution in [0.5, 0.6) is 5.75 Å². The molecule has 1 rings (SSSR count). The van der Waals surface area contributed by atoms with Gasteiger partial charge >= 0.3 is 0 Å². The summed E-state index contributed by atoms with van der Waals surface area (Å²) in [5.41, 5.74) is 7.18. The van der Waals surface area contributed by atoms with Crippen molar-refractivity contribution in [3.8, 4) is 5.75 Å². The molecule has 3 heteroatoms. The fraction of sp³-hybridized carbons (Fsp3) is 0.600. The molecule has 1 aromatic carbocycles. The van der Waals surface area contributed by atoms with Crippen LogP contribution in [-0.4, -0.2) is 13.2 Å². The van der Waals surface area contributed by atoms with Crippen molar-refractivity contribution < 1.29 is 4.74 Å². The van der Waals surface area contributed by atoms with Crippen molar-refractivity contribution in [1.82, 2.24) is 0 Å². The predicted molar refractivity (Wildman–Crippen MR) is 81.1 cm³/mol. The second kappa shape index (κ2) is 7.15. The van der Waals surface area contributed by atoms with Crippen molar-refractivity contribution in [3.63, 3.8) is 0 Å². The van der Waals surface area contributed by atoms with Crippen LogP contribution in [-0.2, 0) is 6.42 Å². The van der Waals surface area contributed by atoms with Gasteiger partial charge in [-0.1, -0.05) is 36.7 Å². The zero-order chi connectivity index (χ0) is 13.6. The van der Waals surface area contributed by atoms with E-state index >= 15 is 0 Å². The van der Waals surface area contributed by atoms with E-state index in [0.717, 1.165) is 29.7 Å². The lowest BCUT2D eigenvalue weighted by molar-refractivity contribution is 0.269. The molecule has 0 aliphatic rings. The molecule has 102 valence electrons. The monoisotopic (exact) mass is 313 g/mol. The van der Waals surface area contributed by atoms with Crippen LogP contribution in [0, 0.1) is 5.41 Å². The second-order valence-electron chi connectivity index (χ2n) is 5.80. The summed E-state index contributed by atoms with van der Waals surface area (Å²) in [5.74, 6) is 0.940. The van der Waals surface area contributed by atoms with E-state index in [4.69, 9.17) is 10.5 Å². The summed E-state index contributed by atoms with van der Waals surface area (Å²) in [6.45, 7) is 8.21.